The molecule has 0 saturated carbocycles. The Hall–Kier alpha value is -2.67. The Morgan fingerprint density at radius 2 is 1.93 bits per heavy atom. The fraction of sp³-hybridized carbons (Fsp3) is 0.333. The Bertz CT molecular complexity index is 926. The summed E-state index contributed by atoms with van der Waals surface area (Å²) in [6, 6.07) is 16.2. The minimum atomic E-state index is -0.0260. The van der Waals surface area contributed by atoms with E-state index >= 15 is 0 Å². The smallest absolute Gasteiger partial charge is 0.230 e. The molecule has 0 bridgehead atoms. The molecule has 3 rings (SSSR count). The number of tetrazole rings is 1. The number of carbonyl (C=O) groups excluding carboxylic acids is 1. The monoisotopic (exact) mass is 395 g/mol. The SMILES string of the molecule is CCC[C@@H](NC(=O)CSc1nnnn1-c1ccc(C)c(C)c1)c1ccccc1. The van der Waals surface area contributed by atoms with Crippen molar-refractivity contribution in [1.29, 1.82) is 0 Å². The van der Waals surface area contributed by atoms with E-state index in [2.05, 4.69) is 41.6 Å². The van der Waals surface area contributed by atoms with E-state index in [0.29, 0.717) is 5.16 Å². The van der Waals surface area contributed by atoms with Crippen LogP contribution in [0.1, 0.15) is 42.5 Å². The van der Waals surface area contributed by atoms with Crippen molar-refractivity contribution in [2.45, 2.75) is 44.8 Å². The van der Waals surface area contributed by atoms with Crippen LogP contribution in [-0.4, -0.2) is 31.9 Å². The van der Waals surface area contributed by atoms with Gasteiger partial charge in [0.15, 0.2) is 0 Å². The molecule has 1 amide bonds. The Morgan fingerprint density at radius 3 is 2.64 bits per heavy atom. The first-order valence-electron chi connectivity index (χ1n) is 9.41. The minimum absolute atomic E-state index is 0.0232. The predicted molar refractivity (Wildman–Crippen MR) is 112 cm³/mol. The van der Waals surface area contributed by atoms with Gasteiger partial charge in [-0.2, -0.15) is 4.68 Å². The predicted octanol–water partition coefficient (Wildman–Crippen LogP) is 4.03. The van der Waals surface area contributed by atoms with Crippen LogP contribution in [0, 0.1) is 13.8 Å². The Morgan fingerprint density at radius 1 is 1.14 bits per heavy atom. The molecule has 146 valence electrons. The second-order valence-electron chi connectivity index (χ2n) is 6.75. The van der Waals surface area contributed by atoms with Gasteiger partial charge in [0, 0.05) is 0 Å². The van der Waals surface area contributed by atoms with Gasteiger partial charge in [0.1, 0.15) is 0 Å². The zero-order chi connectivity index (χ0) is 19.9. The van der Waals surface area contributed by atoms with Gasteiger partial charge in [-0.05, 0) is 59.5 Å². The maximum Gasteiger partial charge on any atom is 0.230 e. The van der Waals surface area contributed by atoms with E-state index < -0.39 is 0 Å². The number of nitrogens with one attached hydrogen (secondary N) is 1. The number of aryl methyl sites for hydroxylation is 2. The number of hydrogen-bond acceptors (Lipinski definition) is 5. The molecule has 1 N–H and O–H groups in total. The summed E-state index contributed by atoms with van der Waals surface area (Å²) in [5.74, 6) is 0.236. The third kappa shape index (κ3) is 4.98. The molecule has 0 radical (unpaired) electrons. The fourth-order valence-corrected chi connectivity index (χ4v) is 3.65. The van der Waals surface area contributed by atoms with E-state index in [4.69, 9.17) is 0 Å². The number of hydrogen-bond donors (Lipinski definition) is 1. The largest absolute Gasteiger partial charge is 0.349 e. The number of nitrogens with zero attached hydrogens (tertiary/aromatic N) is 4. The third-order valence-electron chi connectivity index (χ3n) is 4.62. The van der Waals surface area contributed by atoms with Crippen molar-refractivity contribution in [3.63, 3.8) is 0 Å². The lowest BCUT2D eigenvalue weighted by Gasteiger charge is -2.18. The number of carbonyl (C=O) groups is 1. The number of thioether (sulfide) groups is 1. The van der Waals surface area contributed by atoms with Crippen LogP contribution in [0.2, 0.25) is 0 Å². The molecule has 0 aliphatic carbocycles. The molecule has 28 heavy (non-hydrogen) atoms. The summed E-state index contributed by atoms with van der Waals surface area (Å²) in [5, 5.41) is 15.7. The maximum absolute atomic E-state index is 12.5. The molecule has 6 nitrogen and oxygen atoms in total. The average Bonchev–Trinajstić information content (AvgIpc) is 3.17. The molecule has 0 saturated heterocycles. The molecular weight excluding hydrogens is 370 g/mol. The van der Waals surface area contributed by atoms with Gasteiger partial charge < -0.3 is 5.32 Å². The van der Waals surface area contributed by atoms with Crippen LogP contribution in [0.25, 0.3) is 5.69 Å². The van der Waals surface area contributed by atoms with Crippen LogP contribution >= 0.6 is 11.8 Å². The fourth-order valence-electron chi connectivity index (χ4n) is 2.95. The van der Waals surface area contributed by atoms with E-state index in [1.807, 2.05) is 48.5 Å². The van der Waals surface area contributed by atoms with E-state index in [-0.39, 0.29) is 17.7 Å². The standard InChI is InChI=1S/C21H25N5OS/c1-4-8-19(17-9-6-5-7-10-17)22-20(27)14-28-21-23-24-25-26(21)18-12-11-15(2)16(3)13-18/h5-7,9-13,19H,4,8,14H2,1-3H3,(H,22,27)/t19-/m1/s1. The van der Waals surface area contributed by atoms with Crippen LogP contribution in [0.15, 0.2) is 53.7 Å². The highest BCUT2D eigenvalue weighted by molar-refractivity contribution is 7.99. The lowest BCUT2D eigenvalue weighted by molar-refractivity contribution is -0.119. The first kappa shape index (κ1) is 20.1. The first-order chi connectivity index (χ1) is 13.6. The summed E-state index contributed by atoms with van der Waals surface area (Å²) in [4.78, 5) is 12.5. The zero-order valence-electron chi connectivity index (χ0n) is 16.4. The number of amides is 1. The lowest BCUT2D eigenvalue weighted by atomic mass is 10.0. The summed E-state index contributed by atoms with van der Waals surface area (Å²) >= 11 is 1.34. The van der Waals surface area contributed by atoms with Crippen LogP contribution in [0.4, 0.5) is 0 Å². The molecular formula is C21H25N5OS. The third-order valence-corrected chi connectivity index (χ3v) is 5.54. The van der Waals surface area contributed by atoms with Gasteiger partial charge in [0.05, 0.1) is 17.5 Å². The van der Waals surface area contributed by atoms with E-state index in [0.717, 1.165) is 24.1 Å². The van der Waals surface area contributed by atoms with Crippen molar-refractivity contribution in [2.24, 2.45) is 0 Å². The van der Waals surface area contributed by atoms with Crippen molar-refractivity contribution >= 4 is 17.7 Å². The van der Waals surface area contributed by atoms with Gasteiger partial charge in [-0.15, -0.1) is 5.10 Å². The molecule has 0 aliphatic rings. The van der Waals surface area contributed by atoms with Gasteiger partial charge in [-0.25, -0.2) is 0 Å². The van der Waals surface area contributed by atoms with Crippen molar-refractivity contribution in [1.82, 2.24) is 25.5 Å². The van der Waals surface area contributed by atoms with Gasteiger partial charge >= 0.3 is 0 Å². The average molecular weight is 396 g/mol. The number of aromatic nitrogens is 4. The zero-order valence-corrected chi connectivity index (χ0v) is 17.2. The molecule has 0 unspecified atom stereocenters. The van der Waals surface area contributed by atoms with E-state index in [1.54, 1.807) is 4.68 Å². The molecule has 1 atom stereocenters. The van der Waals surface area contributed by atoms with Gasteiger partial charge in [-0.1, -0.05) is 61.5 Å². The highest BCUT2D eigenvalue weighted by atomic mass is 32.2. The van der Waals surface area contributed by atoms with Crippen LogP contribution in [-0.2, 0) is 4.79 Å². The quantitative estimate of drug-likeness (QED) is 0.583. The number of rotatable bonds is 8. The molecule has 0 spiro atoms. The van der Waals surface area contributed by atoms with Crippen LogP contribution in [0.3, 0.4) is 0 Å². The summed E-state index contributed by atoms with van der Waals surface area (Å²) in [6.07, 6.45) is 1.90. The van der Waals surface area contributed by atoms with Gasteiger partial charge in [-0.3, -0.25) is 4.79 Å². The van der Waals surface area contributed by atoms with Gasteiger partial charge in [0.2, 0.25) is 11.1 Å². The molecule has 1 aromatic heterocycles. The lowest BCUT2D eigenvalue weighted by Crippen LogP contribution is -2.30. The molecule has 0 fully saturated rings. The maximum atomic E-state index is 12.5. The molecule has 0 aliphatic heterocycles. The summed E-state index contributed by atoms with van der Waals surface area (Å²) in [5.41, 5.74) is 4.41. The summed E-state index contributed by atoms with van der Waals surface area (Å²) in [7, 11) is 0. The second kappa shape index (κ2) is 9.50. The molecule has 2 aromatic carbocycles. The minimum Gasteiger partial charge on any atom is -0.349 e. The van der Waals surface area contributed by atoms with Crippen molar-refractivity contribution in [3.05, 3.63) is 65.2 Å². The highest BCUT2D eigenvalue weighted by Gasteiger charge is 2.16. The molecule has 7 heteroatoms. The van der Waals surface area contributed by atoms with Crippen LogP contribution < -0.4 is 5.32 Å². The molecule has 1 heterocycles. The molecule has 3 aromatic rings. The van der Waals surface area contributed by atoms with E-state index in [1.165, 1.54) is 22.9 Å². The summed E-state index contributed by atoms with van der Waals surface area (Å²) in [6.45, 7) is 6.24. The van der Waals surface area contributed by atoms with Crippen molar-refractivity contribution in [2.75, 3.05) is 5.75 Å². The number of benzene rings is 2. The Labute approximate surface area is 169 Å². The van der Waals surface area contributed by atoms with Crippen molar-refractivity contribution < 1.29 is 4.79 Å². The Kier molecular flexibility index (Phi) is 6.81. The first-order valence-corrected chi connectivity index (χ1v) is 10.4. The van der Waals surface area contributed by atoms with E-state index in [9.17, 15) is 4.79 Å². The van der Waals surface area contributed by atoms with Crippen molar-refractivity contribution in [3.8, 4) is 5.69 Å². The Balaban J connectivity index is 1.65. The normalized spacial score (nSPS) is 12.0. The second-order valence-corrected chi connectivity index (χ2v) is 7.69. The topological polar surface area (TPSA) is 72.7 Å². The highest BCUT2D eigenvalue weighted by Crippen LogP contribution is 2.22. The van der Waals surface area contributed by atoms with Gasteiger partial charge in [0.25, 0.3) is 0 Å². The van der Waals surface area contributed by atoms with Crippen LogP contribution in [0.5, 0.6) is 0 Å². The summed E-state index contributed by atoms with van der Waals surface area (Å²) < 4.78 is 1.67.